The fourth-order valence-corrected chi connectivity index (χ4v) is 4.26. The van der Waals surface area contributed by atoms with Gasteiger partial charge in [0, 0.05) is 76.7 Å². The summed E-state index contributed by atoms with van der Waals surface area (Å²) in [6.07, 6.45) is 0. The fourth-order valence-electron chi connectivity index (χ4n) is 4.26. The van der Waals surface area contributed by atoms with E-state index < -0.39 is 0 Å². The van der Waals surface area contributed by atoms with E-state index in [1.807, 2.05) is 29.2 Å². The molecular weight excluding hydrogens is 376 g/mol. The standard InChI is InChI=1S/C24H32N4O2/c1-30-23-9-5-6-21(20-23)24(29)28-18-14-26(15-19-28)11-10-25-12-16-27(17-13-25)22-7-3-2-4-8-22/h2-9,20H,10-19H2,1H3. The summed E-state index contributed by atoms with van der Waals surface area (Å²) in [7, 11) is 1.63. The first-order valence-corrected chi connectivity index (χ1v) is 10.9. The number of nitrogens with zero attached hydrogens (tertiary/aromatic N) is 4. The van der Waals surface area contributed by atoms with Crippen molar-refractivity contribution in [1.82, 2.24) is 14.7 Å². The van der Waals surface area contributed by atoms with Crippen LogP contribution in [0.15, 0.2) is 54.6 Å². The van der Waals surface area contributed by atoms with E-state index in [-0.39, 0.29) is 5.91 Å². The second kappa shape index (κ2) is 9.96. The van der Waals surface area contributed by atoms with Crippen molar-refractivity contribution >= 4 is 11.6 Å². The Labute approximate surface area is 179 Å². The molecule has 0 atom stereocenters. The molecule has 160 valence electrons. The lowest BCUT2D eigenvalue weighted by atomic mass is 10.1. The molecule has 2 aliphatic heterocycles. The molecule has 0 spiro atoms. The van der Waals surface area contributed by atoms with E-state index in [0.717, 1.165) is 71.2 Å². The Hall–Kier alpha value is -2.57. The lowest BCUT2D eigenvalue weighted by Crippen LogP contribution is -2.52. The number of piperazine rings is 2. The second-order valence-corrected chi connectivity index (χ2v) is 8.03. The lowest BCUT2D eigenvalue weighted by molar-refractivity contribution is 0.0621. The number of carbonyl (C=O) groups excluding carboxylic acids is 1. The Bertz CT molecular complexity index is 813. The molecule has 0 unspecified atom stereocenters. The summed E-state index contributed by atoms with van der Waals surface area (Å²) in [5.41, 5.74) is 2.04. The van der Waals surface area contributed by atoms with Crippen molar-refractivity contribution in [3.63, 3.8) is 0 Å². The number of hydrogen-bond acceptors (Lipinski definition) is 5. The molecule has 2 aromatic carbocycles. The summed E-state index contributed by atoms with van der Waals surface area (Å²) in [6, 6.07) is 18.1. The number of anilines is 1. The van der Waals surface area contributed by atoms with E-state index in [4.69, 9.17) is 4.74 Å². The van der Waals surface area contributed by atoms with Crippen molar-refractivity contribution in [2.45, 2.75) is 0 Å². The van der Waals surface area contributed by atoms with Gasteiger partial charge in [0.1, 0.15) is 5.75 Å². The van der Waals surface area contributed by atoms with Crippen LogP contribution in [-0.4, -0.2) is 93.2 Å². The van der Waals surface area contributed by atoms with E-state index in [1.165, 1.54) is 5.69 Å². The van der Waals surface area contributed by atoms with Crippen LogP contribution in [0.2, 0.25) is 0 Å². The van der Waals surface area contributed by atoms with Crippen LogP contribution < -0.4 is 9.64 Å². The largest absolute Gasteiger partial charge is 0.497 e. The lowest BCUT2D eigenvalue weighted by Gasteiger charge is -2.39. The highest BCUT2D eigenvalue weighted by molar-refractivity contribution is 5.94. The number of benzene rings is 2. The second-order valence-electron chi connectivity index (χ2n) is 8.03. The number of amides is 1. The van der Waals surface area contributed by atoms with Gasteiger partial charge in [-0.1, -0.05) is 24.3 Å². The van der Waals surface area contributed by atoms with E-state index in [9.17, 15) is 4.79 Å². The molecule has 1 amide bonds. The SMILES string of the molecule is COc1cccc(C(=O)N2CCN(CCN3CCN(c4ccccc4)CC3)CC2)c1. The fraction of sp³-hybridized carbons (Fsp3) is 0.458. The topological polar surface area (TPSA) is 39.3 Å². The number of carbonyl (C=O) groups is 1. The summed E-state index contributed by atoms with van der Waals surface area (Å²) in [5, 5.41) is 0. The van der Waals surface area contributed by atoms with E-state index in [2.05, 4.69) is 45.0 Å². The molecule has 2 aliphatic rings. The van der Waals surface area contributed by atoms with Crippen molar-refractivity contribution < 1.29 is 9.53 Å². The van der Waals surface area contributed by atoms with Gasteiger partial charge in [-0.25, -0.2) is 0 Å². The zero-order valence-electron chi connectivity index (χ0n) is 17.9. The molecule has 0 radical (unpaired) electrons. The average molecular weight is 409 g/mol. The molecule has 0 saturated carbocycles. The third-order valence-corrected chi connectivity index (χ3v) is 6.20. The number of methoxy groups -OCH3 is 1. The zero-order chi connectivity index (χ0) is 20.8. The van der Waals surface area contributed by atoms with Crippen LogP contribution in [0.25, 0.3) is 0 Å². The Morgan fingerprint density at radius 3 is 2.07 bits per heavy atom. The normalized spacial score (nSPS) is 18.4. The molecular formula is C24H32N4O2. The molecule has 0 N–H and O–H groups in total. The van der Waals surface area contributed by atoms with Crippen LogP contribution in [0.1, 0.15) is 10.4 Å². The summed E-state index contributed by atoms with van der Waals surface area (Å²) in [4.78, 5) is 22.2. The molecule has 30 heavy (non-hydrogen) atoms. The van der Waals surface area contributed by atoms with Crippen molar-refractivity contribution in [3.8, 4) is 5.75 Å². The van der Waals surface area contributed by atoms with Crippen LogP contribution in [0.3, 0.4) is 0 Å². The number of ether oxygens (including phenoxy) is 1. The van der Waals surface area contributed by atoms with Gasteiger partial charge in [-0.05, 0) is 30.3 Å². The Kier molecular flexibility index (Phi) is 6.87. The third kappa shape index (κ3) is 5.12. The summed E-state index contributed by atoms with van der Waals surface area (Å²) >= 11 is 0. The van der Waals surface area contributed by atoms with E-state index in [1.54, 1.807) is 7.11 Å². The highest BCUT2D eigenvalue weighted by Gasteiger charge is 2.23. The summed E-state index contributed by atoms with van der Waals surface area (Å²) in [5.74, 6) is 0.831. The smallest absolute Gasteiger partial charge is 0.254 e. The van der Waals surface area contributed by atoms with Crippen LogP contribution >= 0.6 is 0 Å². The maximum Gasteiger partial charge on any atom is 0.254 e. The first kappa shape index (κ1) is 20.7. The molecule has 0 bridgehead atoms. The van der Waals surface area contributed by atoms with Gasteiger partial charge in [-0.2, -0.15) is 0 Å². The third-order valence-electron chi connectivity index (χ3n) is 6.20. The van der Waals surface area contributed by atoms with Gasteiger partial charge in [0.2, 0.25) is 0 Å². The van der Waals surface area contributed by atoms with E-state index in [0.29, 0.717) is 5.56 Å². The number of rotatable bonds is 6. The van der Waals surface area contributed by atoms with Crippen molar-refractivity contribution in [1.29, 1.82) is 0 Å². The zero-order valence-corrected chi connectivity index (χ0v) is 17.9. The Morgan fingerprint density at radius 2 is 1.43 bits per heavy atom. The van der Waals surface area contributed by atoms with Gasteiger partial charge in [-0.3, -0.25) is 14.6 Å². The van der Waals surface area contributed by atoms with Gasteiger partial charge in [-0.15, -0.1) is 0 Å². The van der Waals surface area contributed by atoms with Crippen molar-refractivity contribution in [2.75, 3.05) is 77.5 Å². The van der Waals surface area contributed by atoms with E-state index >= 15 is 0 Å². The monoisotopic (exact) mass is 408 g/mol. The van der Waals surface area contributed by atoms with Crippen molar-refractivity contribution in [3.05, 3.63) is 60.2 Å². The molecule has 2 saturated heterocycles. The van der Waals surface area contributed by atoms with Gasteiger partial charge >= 0.3 is 0 Å². The Balaban J connectivity index is 1.18. The Morgan fingerprint density at radius 1 is 0.800 bits per heavy atom. The molecule has 6 nitrogen and oxygen atoms in total. The van der Waals surface area contributed by atoms with Gasteiger partial charge < -0.3 is 14.5 Å². The van der Waals surface area contributed by atoms with Gasteiger partial charge in [0.05, 0.1) is 7.11 Å². The minimum Gasteiger partial charge on any atom is -0.497 e. The minimum absolute atomic E-state index is 0.102. The summed E-state index contributed by atoms with van der Waals surface area (Å²) in [6.45, 7) is 10.1. The van der Waals surface area contributed by atoms with Gasteiger partial charge in [0.15, 0.2) is 0 Å². The molecule has 0 aromatic heterocycles. The average Bonchev–Trinajstić information content (AvgIpc) is 2.83. The number of para-hydroxylation sites is 1. The summed E-state index contributed by atoms with van der Waals surface area (Å²) < 4.78 is 5.24. The molecule has 2 fully saturated rings. The number of hydrogen-bond donors (Lipinski definition) is 0. The quantitative estimate of drug-likeness (QED) is 0.733. The highest BCUT2D eigenvalue weighted by atomic mass is 16.5. The van der Waals surface area contributed by atoms with Crippen LogP contribution in [0.4, 0.5) is 5.69 Å². The van der Waals surface area contributed by atoms with Crippen LogP contribution in [-0.2, 0) is 0 Å². The minimum atomic E-state index is 0.102. The molecule has 2 heterocycles. The predicted molar refractivity (Wildman–Crippen MR) is 120 cm³/mol. The highest BCUT2D eigenvalue weighted by Crippen LogP contribution is 2.17. The molecule has 2 aromatic rings. The predicted octanol–water partition coefficient (Wildman–Crippen LogP) is 2.28. The molecule has 0 aliphatic carbocycles. The first-order valence-electron chi connectivity index (χ1n) is 10.9. The van der Waals surface area contributed by atoms with Gasteiger partial charge in [0.25, 0.3) is 5.91 Å². The molecule has 6 heteroatoms. The first-order chi connectivity index (χ1) is 14.7. The molecule has 4 rings (SSSR count). The van der Waals surface area contributed by atoms with Crippen LogP contribution in [0, 0.1) is 0 Å². The van der Waals surface area contributed by atoms with Crippen molar-refractivity contribution in [2.24, 2.45) is 0 Å². The maximum absolute atomic E-state index is 12.8. The van der Waals surface area contributed by atoms with Crippen LogP contribution in [0.5, 0.6) is 5.75 Å². The maximum atomic E-state index is 12.8.